The second-order valence-corrected chi connectivity index (χ2v) is 5.16. The summed E-state index contributed by atoms with van der Waals surface area (Å²) in [6, 6.07) is 9.67. The zero-order chi connectivity index (χ0) is 15.2. The quantitative estimate of drug-likeness (QED) is 0.819. The van der Waals surface area contributed by atoms with Crippen molar-refractivity contribution in [2.45, 2.75) is 26.8 Å². The van der Waals surface area contributed by atoms with E-state index in [0.717, 1.165) is 30.0 Å². The molecule has 0 saturated heterocycles. The van der Waals surface area contributed by atoms with Gasteiger partial charge in [0.25, 0.3) is 0 Å². The van der Waals surface area contributed by atoms with E-state index in [1.54, 1.807) is 6.07 Å². The molecule has 2 aromatic rings. The summed E-state index contributed by atoms with van der Waals surface area (Å²) in [6.07, 6.45) is 2.32. The highest BCUT2D eigenvalue weighted by atomic mass is 19.1. The molecule has 0 aliphatic heterocycles. The van der Waals surface area contributed by atoms with E-state index in [4.69, 9.17) is 0 Å². The number of rotatable bonds is 6. The summed E-state index contributed by atoms with van der Waals surface area (Å²) in [5.74, 6) is 0.486. The molecule has 0 bridgehead atoms. The number of hydrogen-bond donors (Lipinski definition) is 1. The van der Waals surface area contributed by atoms with Gasteiger partial charge in [-0.2, -0.15) is 0 Å². The van der Waals surface area contributed by atoms with Crippen molar-refractivity contribution >= 4 is 11.5 Å². The highest BCUT2D eigenvalue weighted by Gasteiger charge is 2.13. The van der Waals surface area contributed by atoms with Gasteiger partial charge in [-0.1, -0.05) is 25.1 Å². The number of benzene rings is 1. The van der Waals surface area contributed by atoms with E-state index in [1.807, 2.05) is 30.1 Å². The molecule has 0 spiro atoms. The van der Waals surface area contributed by atoms with Crippen LogP contribution >= 0.6 is 0 Å². The molecule has 4 heteroatoms. The molecular weight excluding hydrogens is 265 g/mol. The van der Waals surface area contributed by atoms with Crippen LogP contribution in [0.15, 0.2) is 36.5 Å². The van der Waals surface area contributed by atoms with Crippen molar-refractivity contribution in [1.29, 1.82) is 0 Å². The summed E-state index contributed by atoms with van der Waals surface area (Å²) in [4.78, 5) is 6.30. The fourth-order valence-electron chi connectivity index (χ4n) is 2.36. The Bertz CT molecular complexity index is 598. The molecule has 2 rings (SSSR count). The van der Waals surface area contributed by atoms with Crippen molar-refractivity contribution < 1.29 is 4.39 Å². The number of para-hydroxylation sites is 1. The molecule has 1 heterocycles. The second-order valence-electron chi connectivity index (χ2n) is 5.16. The fraction of sp³-hybridized carbons (Fsp3) is 0.353. The number of halogens is 1. The molecule has 1 N–H and O–H groups in total. The van der Waals surface area contributed by atoms with Crippen molar-refractivity contribution in [3.63, 3.8) is 0 Å². The third-order valence-corrected chi connectivity index (χ3v) is 3.45. The van der Waals surface area contributed by atoms with Crippen LogP contribution in [0.2, 0.25) is 0 Å². The lowest BCUT2D eigenvalue weighted by molar-refractivity contribution is 0.611. The maximum atomic E-state index is 13.5. The van der Waals surface area contributed by atoms with Gasteiger partial charge >= 0.3 is 0 Å². The van der Waals surface area contributed by atoms with Crippen LogP contribution in [0.25, 0.3) is 0 Å². The number of nitrogens with zero attached hydrogens (tertiary/aromatic N) is 2. The maximum absolute atomic E-state index is 13.5. The van der Waals surface area contributed by atoms with Gasteiger partial charge < -0.3 is 10.2 Å². The third kappa shape index (κ3) is 3.79. The number of nitrogens with one attached hydrogen (secondary N) is 1. The number of aryl methyl sites for hydroxylation is 1. The van der Waals surface area contributed by atoms with Gasteiger partial charge in [-0.25, -0.2) is 9.37 Å². The van der Waals surface area contributed by atoms with Crippen LogP contribution in [0.3, 0.4) is 0 Å². The van der Waals surface area contributed by atoms with Crippen molar-refractivity contribution in [3.8, 4) is 0 Å². The first kappa shape index (κ1) is 15.4. The smallest absolute Gasteiger partial charge is 0.141 e. The monoisotopic (exact) mass is 287 g/mol. The lowest BCUT2D eigenvalue weighted by Crippen LogP contribution is -2.19. The highest BCUT2D eigenvalue weighted by molar-refractivity contribution is 5.65. The topological polar surface area (TPSA) is 28.2 Å². The van der Waals surface area contributed by atoms with Crippen molar-refractivity contribution in [1.82, 2.24) is 10.3 Å². The first-order valence-electron chi connectivity index (χ1n) is 7.28. The van der Waals surface area contributed by atoms with E-state index in [2.05, 4.69) is 30.2 Å². The van der Waals surface area contributed by atoms with E-state index >= 15 is 0 Å². The average molecular weight is 287 g/mol. The van der Waals surface area contributed by atoms with Gasteiger partial charge in [0.2, 0.25) is 0 Å². The van der Waals surface area contributed by atoms with Crippen LogP contribution in [-0.2, 0) is 6.54 Å². The number of aromatic nitrogens is 1. The normalized spacial score (nSPS) is 10.7. The molecule has 112 valence electrons. The molecule has 0 amide bonds. The molecule has 0 atom stereocenters. The molecule has 0 aliphatic rings. The Morgan fingerprint density at radius 1 is 1.29 bits per heavy atom. The van der Waals surface area contributed by atoms with Crippen LogP contribution in [-0.4, -0.2) is 18.6 Å². The Morgan fingerprint density at radius 2 is 2.05 bits per heavy atom. The van der Waals surface area contributed by atoms with E-state index in [0.29, 0.717) is 6.54 Å². The molecule has 0 fully saturated rings. The largest absolute Gasteiger partial charge is 0.329 e. The summed E-state index contributed by atoms with van der Waals surface area (Å²) < 4.78 is 13.5. The Labute approximate surface area is 125 Å². The van der Waals surface area contributed by atoms with E-state index in [1.165, 1.54) is 11.8 Å². The first-order chi connectivity index (χ1) is 10.1. The molecular formula is C17H22FN3. The summed E-state index contributed by atoms with van der Waals surface area (Å²) in [5, 5.41) is 3.31. The molecule has 21 heavy (non-hydrogen) atoms. The molecule has 0 aliphatic carbocycles. The van der Waals surface area contributed by atoms with Gasteiger partial charge in [-0.05, 0) is 37.6 Å². The Morgan fingerprint density at radius 3 is 2.76 bits per heavy atom. The first-order valence-corrected chi connectivity index (χ1v) is 7.28. The summed E-state index contributed by atoms with van der Waals surface area (Å²) >= 11 is 0. The van der Waals surface area contributed by atoms with Gasteiger partial charge in [0.05, 0.1) is 6.20 Å². The molecule has 0 saturated carbocycles. The summed E-state index contributed by atoms with van der Waals surface area (Å²) in [6.45, 7) is 5.69. The van der Waals surface area contributed by atoms with Gasteiger partial charge in [-0.15, -0.1) is 0 Å². The van der Waals surface area contributed by atoms with Crippen LogP contribution in [0.1, 0.15) is 24.5 Å². The lowest BCUT2D eigenvalue weighted by Gasteiger charge is -2.23. The van der Waals surface area contributed by atoms with Gasteiger partial charge in [-0.3, -0.25) is 0 Å². The predicted octanol–water partition coefficient (Wildman–Crippen LogP) is 3.80. The van der Waals surface area contributed by atoms with Crippen molar-refractivity contribution in [3.05, 3.63) is 53.5 Å². The zero-order valence-electron chi connectivity index (χ0n) is 12.9. The highest BCUT2D eigenvalue weighted by Crippen LogP contribution is 2.27. The Balaban J connectivity index is 2.31. The van der Waals surface area contributed by atoms with Gasteiger partial charge in [0.1, 0.15) is 11.6 Å². The standard InChI is InChI=1S/C17H22FN3/c1-4-9-19-11-14-10-15(18)12-20-17(14)21(3)16-8-6-5-7-13(16)2/h5-8,10,12,19H,4,9,11H2,1-3H3. The zero-order valence-corrected chi connectivity index (χ0v) is 12.9. The minimum atomic E-state index is -0.301. The van der Waals surface area contributed by atoms with Gasteiger partial charge in [0.15, 0.2) is 0 Å². The maximum Gasteiger partial charge on any atom is 0.141 e. The number of pyridine rings is 1. The number of anilines is 2. The minimum absolute atomic E-state index is 0.301. The van der Waals surface area contributed by atoms with Crippen LogP contribution in [0, 0.1) is 12.7 Å². The fourth-order valence-corrected chi connectivity index (χ4v) is 2.36. The molecule has 1 aromatic heterocycles. The lowest BCUT2D eigenvalue weighted by atomic mass is 10.1. The second kappa shape index (κ2) is 7.18. The summed E-state index contributed by atoms with van der Waals surface area (Å²) in [5.41, 5.74) is 3.11. The molecule has 0 unspecified atom stereocenters. The Kier molecular flexibility index (Phi) is 5.28. The van der Waals surface area contributed by atoms with E-state index in [-0.39, 0.29) is 5.82 Å². The van der Waals surface area contributed by atoms with E-state index in [9.17, 15) is 4.39 Å². The van der Waals surface area contributed by atoms with Crippen molar-refractivity contribution in [2.75, 3.05) is 18.5 Å². The van der Waals surface area contributed by atoms with Crippen LogP contribution in [0.5, 0.6) is 0 Å². The van der Waals surface area contributed by atoms with Crippen LogP contribution < -0.4 is 10.2 Å². The van der Waals surface area contributed by atoms with Crippen LogP contribution in [0.4, 0.5) is 15.9 Å². The molecule has 1 aromatic carbocycles. The predicted molar refractivity (Wildman–Crippen MR) is 85.4 cm³/mol. The van der Waals surface area contributed by atoms with Gasteiger partial charge in [0, 0.05) is 24.8 Å². The Hall–Kier alpha value is -1.94. The number of hydrogen-bond acceptors (Lipinski definition) is 3. The minimum Gasteiger partial charge on any atom is -0.329 e. The molecule has 3 nitrogen and oxygen atoms in total. The SMILES string of the molecule is CCCNCc1cc(F)cnc1N(C)c1ccccc1C. The van der Waals surface area contributed by atoms with E-state index < -0.39 is 0 Å². The summed E-state index contributed by atoms with van der Waals surface area (Å²) in [7, 11) is 1.96. The molecule has 0 radical (unpaired) electrons. The third-order valence-electron chi connectivity index (χ3n) is 3.45. The van der Waals surface area contributed by atoms with Crippen molar-refractivity contribution in [2.24, 2.45) is 0 Å². The average Bonchev–Trinajstić information content (AvgIpc) is 2.47.